The van der Waals surface area contributed by atoms with E-state index >= 15 is 0 Å². The monoisotopic (exact) mass is 305 g/mol. The lowest BCUT2D eigenvalue weighted by Gasteiger charge is -2.35. The molecule has 2 atom stereocenters. The maximum atomic E-state index is 13.0. The van der Waals surface area contributed by atoms with Crippen LogP contribution in [0.3, 0.4) is 0 Å². The average Bonchev–Trinajstić information content (AvgIpc) is 2.46. The molecule has 21 heavy (non-hydrogen) atoms. The van der Waals surface area contributed by atoms with E-state index in [4.69, 9.17) is 5.73 Å². The van der Waals surface area contributed by atoms with Crippen LogP contribution in [0.1, 0.15) is 19.8 Å². The molecule has 2 unspecified atom stereocenters. The number of piperidine rings is 1. The number of hydrogen-bond acceptors (Lipinski definition) is 4. The van der Waals surface area contributed by atoms with Crippen LogP contribution in [-0.2, 0) is 10.0 Å². The number of hydrogen-bond donors (Lipinski definition) is 1. The fourth-order valence-electron chi connectivity index (χ4n) is 2.99. The van der Waals surface area contributed by atoms with Crippen molar-refractivity contribution in [2.45, 2.75) is 36.7 Å². The number of benzene rings is 1. The van der Waals surface area contributed by atoms with Crippen molar-refractivity contribution in [1.82, 2.24) is 9.29 Å². The number of aromatic nitrogens is 1. The summed E-state index contributed by atoms with van der Waals surface area (Å²) in [6, 6.07) is 7.06. The van der Waals surface area contributed by atoms with Crippen LogP contribution >= 0.6 is 0 Å². The highest BCUT2D eigenvalue weighted by Gasteiger charge is 2.34. The quantitative estimate of drug-likeness (QED) is 0.917. The van der Waals surface area contributed by atoms with E-state index in [1.165, 1.54) is 0 Å². The Labute approximate surface area is 124 Å². The van der Waals surface area contributed by atoms with Crippen LogP contribution in [0, 0.1) is 0 Å². The van der Waals surface area contributed by atoms with Gasteiger partial charge >= 0.3 is 0 Å². The Kier molecular flexibility index (Phi) is 3.69. The van der Waals surface area contributed by atoms with Gasteiger partial charge in [-0.25, -0.2) is 8.42 Å². The lowest BCUT2D eigenvalue weighted by atomic mass is 10.0. The van der Waals surface area contributed by atoms with Crippen molar-refractivity contribution in [2.24, 2.45) is 5.73 Å². The van der Waals surface area contributed by atoms with Gasteiger partial charge < -0.3 is 5.73 Å². The van der Waals surface area contributed by atoms with Crippen LogP contribution in [0.15, 0.2) is 41.6 Å². The van der Waals surface area contributed by atoms with Crippen molar-refractivity contribution in [3.8, 4) is 0 Å². The van der Waals surface area contributed by atoms with E-state index in [9.17, 15) is 8.42 Å². The molecule has 2 N–H and O–H groups in total. The summed E-state index contributed by atoms with van der Waals surface area (Å²) in [5.41, 5.74) is 5.93. The van der Waals surface area contributed by atoms with E-state index in [1.54, 1.807) is 34.9 Å². The third-order valence-corrected chi connectivity index (χ3v) is 6.15. The third-order valence-electron chi connectivity index (χ3n) is 4.08. The highest BCUT2D eigenvalue weighted by atomic mass is 32.2. The molecule has 0 amide bonds. The molecule has 6 heteroatoms. The molecular weight excluding hydrogens is 286 g/mol. The first kappa shape index (κ1) is 14.4. The zero-order valence-corrected chi connectivity index (χ0v) is 12.8. The third kappa shape index (κ3) is 2.54. The highest BCUT2D eigenvalue weighted by molar-refractivity contribution is 7.89. The number of fused-ring (bicyclic) bond motifs is 1. The lowest BCUT2D eigenvalue weighted by molar-refractivity contribution is 0.247. The molecule has 0 bridgehead atoms. The van der Waals surface area contributed by atoms with E-state index in [2.05, 4.69) is 4.98 Å². The Bertz CT molecular complexity index is 755. The van der Waals surface area contributed by atoms with Crippen molar-refractivity contribution in [2.75, 3.05) is 6.54 Å². The summed E-state index contributed by atoms with van der Waals surface area (Å²) in [6.45, 7) is 2.40. The molecule has 1 aromatic heterocycles. The van der Waals surface area contributed by atoms with Crippen molar-refractivity contribution < 1.29 is 8.42 Å². The first-order chi connectivity index (χ1) is 10.00. The van der Waals surface area contributed by atoms with Gasteiger partial charge in [0.1, 0.15) is 0 Å². The molecule has 0 saturated carbocycles. The Balaban J connectivity index is 2.09. The van der Waals surface area contributed by atoms with Gasteiger partial charge in [-0.3, -0.25) is 4.98 Å². The summed E-state index contributed by atoms with van der Waals surface area (Å²) in [5.74, 6) is 0. The molecule has 2 aromatic rings. The molecule has 1 aliphatic heterocycles. The van der Waals surface area contributed by atoms with Crippen LogP contribution in [0.2, 0.25) is 0 Å². The normalized spacial score (nSPS) is 24.3. The molecule has 3 rings (SSSR count). The molecule has 2 heterocycles. The van der Waals surface area contributed by atoms with E-state index in [0.29, 0.717) is 24.3 Å². The van der Waals surface area contributed by atoms with Gasteiger partial charge in [-0.2, -0.15) is 4.31 Å². The summed E-state index contributed by atoms with van der Waals surface area (Å²) < 4.78 is 27.5. The molecule has 1 fully saturated rings. The SMILES string of the molecule is CC1CC(N)CCN1S(=O)(=O)c1cccc2cnccc12. The van der Waals surface area contributed by atoms with Gasteiger partial charge in [-0.15, -0.1) is 0 Å². The van der Waals surface area contributed by atoms with Crippen LogP contribution < -0.4 is 5.73 Å². The number of sulfonamides is 1. The Morgan fingerprint density at radius 3 is 2.90 bits per heavy atom. The topological polar surface area (TPSA) is 76.3 Å². The molecule has 1 saturated heterocycles. The van der Waals surface area contributed by atoms with Gasteiger partial charge in [0.25, 0.3) is 0 Å². The summed E-state index contributed by atoms with van der Waals surface area (Å²) in [4.78, 5) is 4.40. The Morgan fingerprint density at radius 1 is 1.33 bits per heavy atom. The van der Waals surface area contributed by atoms with E-state index in [1.807, 2.05) is 13.0 Å². The molecular formula is C15H19N3O2S. The van der Waals surface area contributed by atoms with Crippen molar-refractivity contribution in [3.05, 3.63) is 36.7 Å². The minimum Gasteiger partial charge on any atom is -0.328 e. The molecule has 0 spiro atoms. The number of pyridine rings is 1. The van der Waals surface area contributed by atoms with Crippen LogP contribution in [-0.4, -0.2) is 36.3 Å². The minimum atomic E-state index is -3.51. The van der Waals surface area contributed by atoms with E-state index < -0.39 is 10.0 Å². The predicted molar refractivity (Wildman–Crippen MR) is 82.3 cm³/mol. The number of nitrogens with zero attached hydrogens (tertiary/aromatic N) is 2. The van der Waals surface area contributed by atoms with Crippen LogP contribution in [0.4, 0.5) is 0 Å². The van der Waals surface area contributed by atoms with E-state index in [0.717, 1.165) is 10.8 Å². The predicted octanol–water partition coefficient (Wildman–Crippen LogP) is 1.74. The standard InChI is InChI=1S/C15H19N3O2S/c1-11-9-13(16)6-8-18(11)21(19,20)15-4-2-3-12-10-17-7-5-14(12)15/h2-5,7,10-11,13H,6,8-9,16H2,1H3. The second-order valence-corrected chi connectivity index (χ2v) is 7.46. The molecule has 0 radical (unpaired) electrons. The molecule has 112 valence electrons. The first-order valence-corrected chi connectivity index (χ1v) is 8.54. The fourth-order valence-corrected chi connectivity index (χ4v) is 4.86. The maximum absolute atomic E-state index is 13.0. The smallest absolute Gasteiger partial charge is 0.243 e. The second-order valence-electron chi connectivity index (χ2n) is 5.60. The summed E-state index contributed by atoms with van der Waals surface area (Å²) >= 11 is 0. The van der Waals surface area contributed by atoms with Gasteiger partial charge in [0.2, 0.25) is 10.0 Å². The van der Waals surface area contributed by atoms with E-state index in [-0.39, 0.29) is 12.1 Å². The molecule has 5 nitrogen and oxygen atoms in total. The average molecular weight is 305 g/mol. The van der Waals surface area contributed by atoms with Crippen molar-refractivity contribution in [3.63, 3.8) is 0 Å². The number of nitrogens with two attached hydrogens (primary N) is 1. The van der Waals surface area contributed by atoms with Crippen molar-refractivity contribution >= 4 is 20.8 Å². The summed E-state index contributed by atoms with van der Waals surface area (Å²) in [6.07, 6.45) is 4.71. The summed E-state index contributed by atoms with van der Waals surface area (Å²) in [5, 5.41) is 1.55. The highest BCUT2D eigenvalue weighted by Crippen LogP contribution is 2.29. The van der Waals surface area contributed by atoms with Crippen LogP contribution in [0.5, 0.6) is 0 Å². The maximum Gasteiger partial charge on any atom is 0.243 e. The van der Waals surface area contributed by atoms with Gasteiger partial charge in [0, 0.05) is 41.8 Å². The zero-order chi connectivity index (χ0) is 15.0. The van der Waals surface area contributed by atoms with Gasteiger partial charge in [-0.1, -0.05) is 12.1 Å². The van der Waals surface area contributed by atoms with Crippen molar-refractivity contribution in [1.29, 1.82) is 0 Å². The second kappa shape index (κ2) is 5.36. The summed E-state index contributed by atoms with van der Waals surface area (Å²) in [7, 11) is -3.51. The zero-order valence-electron chi connectivity index (χ0n) is 11.9. The fraction of sp³-hybridized carbons (Fsp3) is 0.400. The number of rotatable bonds is 2. The van der Waals surface area contributed by atoms with Gasteiger partial charge in [-0.05, 0) is 31.9 Å². The minimum absolute atomic E-state index is 0.0733. The molecule has 1 aromatic carbocycles. The molecule has 1 aliphatic rings. The first-order valence-electron chi connectivity index (χ1n) is 7.10. The van der Waals surface area contributed by atoms with Gasteiger partial charge in [0.15, 0.2) is 0 Å². The van der Waals surface area contributed by atoms with Crippen LogP contribution in [0.25, 0.3) is 10.8 Å². The Morgan fingerprint density at radius 2 is 2.14 bits per heavy atom. The molecule has 0 aliphatic carbocycles. The largest absolute Gasteiger partial charge is 0.328 e. The lowest BCUT2D eigenvalue weighted by Crippen LogP contribution is -2.48. The Hall–Kier alpha value is -1.50. The van der Waals surface area contributed by atoms with Gasteiger partial charge in [0.05, 0.1) is 4.90 Å².